The first-order valence-electron chi connectivity index (χ1n) is 5.18. The highest BCUT2D eigenvalue weighted by Crippen LogP contribution is 2.09. The molecule has 0 rings (SSSR count). The molecule has 13 heavy (non-hydrogen) atoms. The molecule has 3 nitrogen and oxygen atoms in total. The molecule has 80 valence electrons. The highest BCUT2D eigenvalue weighted by molar-refractivity contribution is 4.47. The van der Waals surface area contributed by atoms with E-state index in [1.54, 1.807) is 0 Å². The molecule has 1 atom stereocenters. The Kier molecular flexibility index (Phi) is 9.87. The maximum absolute atomic E-state index is 8.34. The Morgan fingerprint density at radius 2 is 1.69 bits per heavy atom. The molecule has 0 fully saturated rings. The second kappa shape index (κ2) is 9.96. The molecule has 0 aromatic heterocycles. The van der Waals surface area contributed by atoms with E-state index in [4.69, 9.17) is 9.99 Å². The van der Waals surface area contributed by atoms with E-state index in [-0.39, 0.29) is 0 Å². The van der Waals surface area contributed by atoms with Crippen molar-refractivity contribution in [3.8, 4) is 0 Å². The van der Waals surface area contributed by atoms with E-state index in [9.17, 15) is 0 Å². The predicted molar refractivity (Wildman–Crippen MR) is 52.5 cm³/mol. The fourth-order valence-corrected chi connectivity index (χ4v) is 1.30. The van der Waals surface area contributed by atoms with Gasteiger partial charge in [-0.3, -0.25) is 0 Å². The van der Waals surface area contributed by atoms with Crippen LogP contribution < -0.4 is 0 Å². The Labute approximate surface area is 81.0 Å². The monoisotopic (exact) mass is 190 g/mol. The van der Waals surface area contributed by atoms with Crippen LogP contribution in [-0.2, 0) is 9.62 Å². The molecular weight excluding hydrogens is 168 g/mol. The molecule has 0 radical (unpaired) electrons. The van der Waals surface area contributed by atoms with Gasteiger partial charge in [-0.1, -0.05) is 39.0 Å². The van der Waals surface area contributed by atoms with Gasteiger partial charge in [-0.25, -0.2) is 10.1 Å². The van der Waals surface area contributed by atoms with Crippen LogP contribution in [0.3, 0.4) is 0 Å². The van der Waals surface area contributed by atoms with Gasteiger partial charge in [0, 0.05) is 13.5 Å². The van der Waals surface area contributed by atoms with Crippen LogP contribution >= 0.6 is 0 Å². The third-order valence-corrected chi connectivity index (χ3v) is 2.17. The molecule has 0 aliphatic heterocycles. The predicted octanol–water partition coefficient (Wildman–Crippen LogP) is 3.20. The molecule has 0 amide bonds. The molecule has 0 aromatic carbocycles. The van der Waals surface area contributed by atoms with E-state index in [0.717, 1.165) is 12.8 Å². The molecule has 0 heterocycles. The minimum absolute atomic E-state index is 0.439. The lowest BCUT2D eigenvalue weighted by molar-refractivity contribution is -0.341. The number of methoxy groups -OCH3 is 1. The molecular formula is C10H22O3. The lowest BCUT2D eigenvalue weighted by Crippen LogP contribution is -2.12. The Bertz CT molecular complexity index is 92.2. The number of unbranched alkanes of at least 4 members (excludes halogenated alkanes) is 5. The van der Waals surface area contributed by atoms with Gasteiger partial charge in [0.25, 0.3) is 0 Å². The van der Waals surface area contributed by atoms with Crippen molar-refractivity contribution >= 4 is 0 Å². The average molecular weight is 190 g/mol. The van der Waals surface area contributed by atoms with E-state index in [1.807, 2.05) is 0 Å². The van der Waals surface area contributed by atoms with Crippen LogP contribution in [0.25, 0.3) is 0 Å². The first-order valence-corrected chi connectivity index (χ1v) is 5.18. The molecule has 0 aliphatic rings. The second-order valence-corrected chi connectivity index (χ2v) is 3.33. The highest BCUT2D eigenvalue weighted by Gasteiger charge is 2.05. The van der Waals surface area contributed by atoms with Crippen LogP contribution in [0, 0.1) is 0 Å². The Balaban J connectivity index is 3.05. The molecule has 3 heteroatoms. The number of ether oxygens (including phenoxy) is 1. The van der Waals surface area contributed by atoms with Crippen LogP contribution in [0.1, 0.15) is 51.9 Å². The number of hydrogen-bond acceptors (Lipinski definition) is 3. The summed E-state index contributed by atoms with van der Waals surface area (Å²) >= 11 is 0. The molecule has 1 N–H and O–H groups in total. The quantitative estimate of drug-likeness (QED) is 0.262. The lowest BCUT2D eigenvalue weighted by atomic mass is 10.1. The molecule has 0 saturated heterocycles. The van der Waals surface area contributed by atoms with E-state index in [1.165, 1.54) is 39.2 Å². The molecule has 0 saturated carbocycles. The third kappa shape index (κ3) is 8.22. The first-order chi connectivity index (χ1) is 6.35. The van der Waals surface area contributed by atoms with Gasteiger partial charge in [-0.2, -0.15) is 0 Å². The SMILES string of the molecule is CCCCCCCCC(OC)OO. The van der Waals surface area contributed by atoms with Crippen molar-refractivity contribution in [1.29, 1.82) is 0 Å². The fraction of sp³-hybridized carbons (Fsp3) is 1.00. The van der Waals surface area contributed by atoms with Crippen LogP contribution in [0.2, 0.25) is 0 Å². The summed E-state index contributed by atoms with van der Waals surface area (Å²) in [5.41, 5.74) is 0. The van der Waals surface area contributed by atoms with E-state index < -0.39 is 6.29 Å². The van der Waals surface area contributed by atoms with Gasteiger partial charge < -0.3 is 4.74 Å². The fourth-order valence-electron chi connectivity index (χ4n) is 1.30. The second-order valence-electron chi connectivity index (χ2n) is 3.33. The minimum atomic E-state index is -0.439. The van der Waals surface area contributed by atoms with E-state index in [0.29, 0.717) is 0 Å². The van der Waals surface area contributed by atoms with Crippen molar-refractivity contribution < 1.29 is 14.9 Å². The van der Waals surface area contributed by atoms with Crippen molar-refractivity contribution in [1.82, 2.24) is 0 Å². The topological polar surface area (TPSA) is 38.7 Å². The van der Waals surface area contributed by atoms with Crippen molar-refractivity contribution in [2.45, 2.75) is 58.2 Å². The molecule has 1 unspecified atom stereocenters. The van der Waals surface area contributed by atoms with E-state index in [2.05, 4.69) is 11.8 Å². The molecule has 0 aromatic rings. The van der Waals surface area contributed by atoms with Gasteiger partial charge in [0.2, 0.25) is 0 Å². The normalized spacial score (nSPS) is 13.2. The summed E-state index contributed by atoms with van der Waals surface area (Å²) in [6.45, 7) is 2.21. The van der Waals surface area contributed by atoms with Gasteiger partial charge >= 0.3 is 0 Å². The van der Waals surface area contributed by atoms with Gasteiger partial charge in [-0.05, 0) is 6.42 Å². The van der Waals surface area contributed by atoms with Crippen LogP contribution in [-0.4, -0.2) is 18.7 Å². The third-order valence-electron chi connectivity index (χ3n) is 2.17. The Morgan fingerprint density at radius 1 is 1.08 bits per heavy atom. The number of hydrogen-bond donors (Lipinski definition) is 1. The van der Waals surface area contributed by atoms with Crippen molar-refractivity contribution in [3.05, 3.63) is 0 Å². The molecule has 0 bridgehead atoms. The zero-order valence-electron chi connectivity index (χ0n) is 8.79. The first kappa shape index (κ1) is 12.9. The maximum atomic E-state index is 8.34. The summed E-state index contributed by atoms with van der Waals surface area (Å²) in [4.78, 5) is 4.10. The Hall–Kier alpha value is -0.120. The van der Waals surface area contributed by atoms with Crippen molar-refractivity contribution in [2.75, 3.05) is 7.11 Å². The van der Waals surface area contributed by atoms with Crippen molar-refractivity contribution in [2.24, 2.45) is 0 Å². The van der Waals surface area contributed by atoms with Gasteiger partial charge in [-0.15, -0.1) is 0 Å². The standard InChI is InChI=1S/C10H22O3/c1-3-4-5-6-7-8-9-10(12-2)13-11/h10-11H,3-9H2,1-2H3. The van der Waals surface area contributed by atoms with Crippen LogP contribution in [0.15, 0.2) is 0 Å². The summed E-state index contributed by atoms with van der Waals surface area (Å²) < 4.78 is 4.85. The maximum Gasteiger partial charge on any atom is 0.190 e. The summed E-state index contributed by atoms with van der Waals surface area (Å²) in [5.74, 6) is 0. The molecule has 0 spiro atoms. The summed E-state index contributed by atoms with van der Waals surface area (Å²) in [6.07, 6.45) is 7.78. The van der Waals surface area contributed by atoms with Crippen LogP contribution in [0.4, 0.5) is 0 Å². The van der Waals surface area contributed by atoms with Gasteiger partial charge in [0.05, 0.1) is 0 Å². The van der Waals surface area contributed by atoms with E-state index >= 15 is 0 Å². The summed E-state index contributed by atoms with van der Waals surface area (Å²) in [6, 6.07) is 0. The smallest absolute Gasteiger partial charge is 0.190 e. The zero-order chi connectivity index (χ0) is 9.94. The lowest BCUT2D eigenvalue weighted by Gasteiger charge is -2.10. The van der Waals surface area contributed by atoms with Gasteiger partial charge in [0.15, 0.2) is 6.29 Å². The summed E-state index contributed by atoms with van der Waals surface area (Å²) in [7, 11) is 1.54. The average Bonchev–Trinajstić information content (AvgIpc) is 2.17. The Morgan fingerprint density at radius 3 is 2.23 bits per heavy atom. The minimum Gasteiger partial charge on any atom is -0.353 e. The largest absolute Gasteiger partial charge is 0.353 e. The van der Waals surface area contributed by atoms with Crippen LogP contribution in [0.5, 0.6) is 0 Å². The summed E-state index contributed by atoms with van der Waals surface area (Å²) in [5, 5.41) is 8.34. The molecule has 0 aliphatic carbocycles. The zero-order valence-corrected chi connectivity index (χ0v) is 8.79. The highest BCUT2D eigenvalue weighted by atomic mass is 17.1. The van der Waals surface area contributed by atoms with Crippen molar-refractivity contribution in [3.63, 3.8) is 0 Å². The van der Waals surface area contributed by atoms with Gasteiger partial charge in [0.1, 0.15) is 0 Å². The number of rotatable bonds is 9.